The number of anilines is 2. The lowest BCUT2D eigenvalue weighted by molar-refractivity contribution is -0.114. The first-order chi connectivity index (χ1) is 15.4. The molecular formula is C19H23Cl4N9O. The van der Waals surface area contributed by atoms with Crippen LogP contribution in [-0.4, -0.2) is 52.5 Å². The van der Waals surface area contributed by atoms with Gasteiger partial charge in [0.1, 0.15) is 11.6 Å². The van der Waals surface area contributed by atoms with Crippen LogP contribution < -0.4 is 11.5 Å². The summed E-state index contributed by atoms with van der Waals surface area (Å²) in [5.74, 6) is 1.21. The van der Waals surface area contributed by atoms with Crippen molar-refractivity contribution >= 4 is 69.5 Å². The Kier molecular flexibility index (Phi) is 16.2. The molecule has 0 radical (unpaired) electrons. The Hall–Kier alpha value is -2.79. The number of fused-ring (bicyclic) bond motifs is 1. The van der Waals surface area contributed by atoms with E-state index in [1.807, 2.05) is 18.3 Å². The first-order valence-electron chi connectivity index (χ1n) is 8.66. The Morgan fingerprint density at radius 1 is 0.909 bits per heavy atom. The summed E-state index contributed by atoms with van der Waals surface area (Å²) >= 11 is 21.0. The van der Waals surface area contributed by atoms with Gasteiger partial charge in [-0.1, -0.05) is 19.0 Å². The van der Waals surface area contributed by atoms with Crippen LogP contribution in [-0.2, 0) is 10.7 Å². The fourth-order valence-electron chi connectivity index (χ4n) is 1.62. The summed E-state index contributed by atoms with van der Waals surface area (Å²) in [6, 6.07) is 10.3. The van der Waals surface area contributed by atoms with Crippen LogP contribution in [0.1, 0.15) is 13.1 Å². The molecule has 0 fully saturated rings. The van der Waals surface area contributed by atoms with Crippen LogP contribution in [0.3, 0.4) is 0 Å². The Balaban J connectivity index is 0.000000422. The van der Waals surface area contributed by atoms with Crippen molar-refractivity contribution < 1.29 is 4.79 Å². The van der Waals surface area contributed by atoms with Crippen LogP contribution in [0.15, 0.2) is 55.0 Å². The summed E-state index contributed by atoms with van der Waals surface area (Å²) in [5.41, 5.74) is 12.1. The average molecular weight is 535 g/mol. The fraction of sp³-hybridized carbons (Fsp3) is 0.211. The third-order valence-corrected chi connectivity index (χ3v) is 4.04. The van der Waals surface area contributed by atoms with Gasteiger partial charge in [0, 0.05) is 12.4 Å². The molecule has 4 rings (SSSR count). The summed E-state index contributed by atoms with van der Waals surface area (Å²) < 4.78 is 1.71. The molecule has 10 nitrogen and oxygen atoms in total. The van der Waals surface area contributed by atoms with Crippen LogP contribution in [0.5, 0.6) is 0 Å². The molecule has 14 heteroatoms. The van der Waals surface area contributed by atoms with Gasteiger partial charge in [-0.25, -0.2) is 9.50 Å². The number of halogens is 4. The van der Waals surface area contributed by atoms with Crippen molar-refractivity contribution in [3.63, 3.8) is 0 Å². The lowest BCUT2D eigenvalue weighted by Gasteiger charge is -1.86. The van der Waals surface area contributed by atoms with E-state index in [0.717, 1.165) is 11.3 Å². The molecule has 4 N–H and O–H groups in total. The van der Waals surface area contributed by atoms with Gasteiger partial charge in [-0.3, -0.25) is 4.79 Å². The first-order valence-corrected chi connectivity index (χ1v) is 10.6. The lowest BCUT2D eigenvalue weighted by atomic mass is 10.5. The van der Waals surface area contributed by atoms with Gasteiger partial charge in [-0.15, -0.1) is 50.1 Å². The van der Waals surface area contributed by atoms with Crippen LogP contribution in [0.2, 0.25) is 5.15 Å². The molecule has 178 valence electrons. The van der Waals surface area contributed by atoms with E-state index in [2.05, 4.69) is 30.5 Å². The minimum Gasteiger partial charge on any atom is -0.382 e. The topological polar surface area (TPSA) is 151 Å². The van der Waals surface area contributed by atoms with Gasteiger partial charge in [0.15, 0.2) is 16.6 Å². The van der Waals surface area contributed by atoms with Gasteiger partial charge in [0.2, 0.25) is 0 Å². The highest BCUT2D eigenvalue weighted by Gasteiger charge is 1.98. The first kappa shape index (κ1) is 30.2. The molecule has 4 heterocycles. The van der Waals surface area contributed by atoms with Gasteiger partial charge in [0.25, 0.3) is 0 Å². The molecule has 4 aromatic rings. The maximum Gasteiger partial charge on any atom is 0.162 e. The van der Waals surface area contributed by atoms with E-state index in [1.165, 1.54) is 0 Å². The summed E-state index contributed by atoms with van der Waals surface area (Å²) in [6.45, 7) is 0. The molecular weight excluding hydrogens is 512 g/mol. The second kappa shape index (κ2) is 17.7. The number of imidazole rings is 1. The average Bonchev–Trinajstić information content (AvgIpc) is 3.26. The quantitative estimate of drug-likeness (QED) is 0.372. The number of rotatable bonds is 3. The Morgan fingerprint density at radius 3 is 1.97 bits per heavy atom. The van der Waals surface area contributed by atoms with Crippen molar-refractivity contribution in [3.8, 4) is 0 Å². The van der Waals surface area contributed by atoms with Gasteiger partial charge >= 0.3 is 0 Å². The van der Waals surface area contributed by atoms with E-state index in [0.29, 0.717) is 22.7 Å². The maximum absolute atomic E-state index is 9.92. The molecule has 0 aliphatic carbocycles. The van der Waals surface area contributed by atoms with Crippen molar-refractivity contribution in [3.05, 3.63) is 65.8 Å². The number of alkyl halides is 3. The number of carbonyl (C=O) groups excluding carboxylic acids is 1. The molecule has 0 saturated carbocycles. The summed E-state index contributed by atoms with van der Waals surface area (Å²) in [7, 11) is 0. The SMILES string of the molecule is C.ClCc1cn2ncccc2n1.Nc1ccc(Cl)nn1.Nc1cccnn1.O=C(CCl)CCl. The Labute approximate surface area is 211 Å². The van der Waals surface area contributed by atoms with Crippen molar-refractivity contribution in [2.45, 2.75) is 13.3 Å². The third-order valence-electron chi connectivity index (χ3n) is 2.97. The van der Waals surface area contributed by atoms with Gasteiger partial charge in [-0.05, 0) is 36.4 Å². The molecule has 0 spiro atoms. The van der Waals surface area contributed by atoms with Crippen LogP contribution >= 0.6 is 46.4 Å². The van der Waals surface area contributed by atoms with Gasteiger partial charge in [0.05, 0.1) is 29.5 Å². The molecule has 33 heavy (non-hydrogen) atoms. The number of aromatic nitrogens is 7. The highest BCUT2D eigenvalue weighted by Crippen LogP contribution is 2.04. The fourth-order valence-corrected chi connectivity index (χ4v) is 2.14. The van der Waals surface area contributed by atoms with Crippen molar-refractivity contribution in [1.82, 2.24) is 35.0 Å². The minimum atomic E-state index is -0.127. The Morgan fingerprint density at radius 2 is 1.58 bits per heavy atom. The zero-order valence-corrected chi connectivity index (χ0v) is 19.5. The molecule has 4 aromatic heterocycles. The minimum absolute atomic E-state index is 0. The van der Waals surface area contributed by atoms with Crippen molar-refractivity contribution in [2.24, 2.45) is 0 Å². The van der Waals surface area contributed by atoms with Crippen LogP contribution in [0, 0.1) is 0 Å². The van der Waals surface area contributed by atoms with Crippen molar-refractivity contribution in [2.75, 3.05) is 23.2 Å². The van der Waals surface area contributed by atoms with E-state index < -0.39 is 0 Å². The number of Topliss-reactive ketones (excluding diaryl/α,β-unsaturated/α-hetero) is 1. The zero-order valence-electron chi connectivity index (χ0n) is 16.5. The molecule has 0 unspecified atom stereocenters. The molecule has 0 amide bonds. The molecule has 0 saturated heterocycles. The summed E-state index contributed by atoms with van der Waals surface area (Å²) in [6.07, 6.45) is 5.12. The molecule has 0 aliphatic heterocycles. The normalized spacial score (nSPS) is 9.09. The maximum atomic E-state index is 9.92. The molecule has 0 atom stereocenters. The van der Waals surface area contributed by atoms with E-state index in [-0.39, 0.29) is 25.0 Å². The predicted molar refractivity (Wildman–Crippen MR) is 134 cm³/mol. The molecule has 0 bridgehead atoms. The number of nitrogens with two attached hydrogens (primary N) is 2. The smallest absolute Gasteiger partial charge is 0.162 e. The largest absolute Gasteiger partial charge is 0.382 e. The molecule has 0 aliphatic rings. The van der Waals surface area contributed by atoms with Gasteiger partial charge in [-0.2, -0.15) is 10.2 Å². The second-order valence-corrected chi connectivity index (χ2v) is 6.62. The lowest BCUT2D eigenvalue weighted by Crippen LogP contribution is -1.98. The monoisotopic (exact) mass is 533 g/mol. The third kappa shape index (κ3) is 13.4. The molecule has 0 aromatic carbocycles. The predicted octanol–water partition coefficient (Wildman–Crippen LogP) is 3.91. The number of hydrogen-bond donors (Lipinski definition) is 2. The van der Waals surface area contributed by atoms with E-state index in [4.69, 9.17) is 57.9 Å². The summed E-state index contributed by atoms with van der Waals surface area (Å²) in [4.78, 5) is 14.1. The zero-order chi connectivity index (χ0) is 23.8. The van der Waals surface area contributed by atoms with E-state index >= 15 is 0 Å². The number of nitrogens with zero attached hydrogens (tertiary/aromatic N) is 7. The number of nitrogen functional groups attached to an aromatic ring is 2. The van der Waals surface area contributed by atoms with Crippen LogP contribution in [0.25, 0.3) is 5.65 Å². The van der Waals surface area contributed by atoms with E-state index in [1.54, 1.807) is 41.2 Å². The highest BCUT2D eigenvalue weighted by atomic mass is 35.5. The standard InChI is InChI=1S/C7H6ClN3.C4H4ClN3.C4H5N3.C3H4Cl2O.CH4/c8-4-6-5-11-7(10-6)2-1-3-9-11;5-3-1-2-4(6)8-7-3;5-4-2-1-3-6-7-4;4-1-3(6)2-5;/h1-3,5H,4H2;1-2H,(H2,6,8);1-3H,(H2,5,7);1-2H2;1H4. The van der Waals surface area contributed by atoms with Crippen LogP contribution in [0.4, 0.5) is 11.6 Å². The second-order valence-electron chi connectivity index (χ2n) is 5.43. The summed E-state index contributed by atoms with van der Waals surface area (Å²) in [5, 5.41) is 18.4. The number of carbonyl (C=O) groups is 1. The number of hydrogen-bond acceptors (Lipinski definition) is 9. The number of ketones is 1. The van der Waals surface area contributed by atoms with Crippen molar-refractivity contribution in [1.29, 1.82) is 0 Å². The van der Waals surface area contributed by atoms with Gasteiger partial charge < -0.3 is 11.5 Å². The Bertz CT molecular complexity index is 990. The van der Waals surface area contributed by atoms with E-state index in [9.17, 15) is 4.79 Å². The highest BCUT2D eigenvalue weighted by molar-refractivity contribution is 6.35.